The van der Waals surface area contributed by atoms with Crippen molar-refractivity contribution in [2.24, 2.45) is 29.4 Å². The van der Waals surface area contributed by atoms with E-state index in [4.69, 9.17) is 24.7 Å². The summed E-state index contributed by atoms with van der Waals surface area (Å²) in [7, 11) is 0. The SMILES string of the molecule is CC(C)COC(=O)CC[C@H](NC(=O)[C@@H](N)CCC(=O)OCC(C)C)C(=O)N[C@@H](CCC(=O)OCC(C)C)C(=O)OCC(C)C. The van der Waals surface area contributed by atoms with Crippen molar-refractivity contribution in [1.82, 2.24) is 10.6 Å². The average Bonchev–Trinajstić information content (AvgIpc) is 2.94. The van der Waals surface area contributed by atoms with Crippen LogP contribution in [0.3, 0.4) is 0 Å². The van der Waals surface area contributed by atoms with E-state index in [-0.39, 0.29) is 88.6 Å². The number of amides is 2. The maximum absolute atomic E-state index is 13.4. The van der Waals surface area contributed by atoms with Crippen molar-refractivity contribution in [3.8, 4) is 0 Å². The molecule has 0 saturated heterocycles. The minimum absolute atomic E-state index is 0.0272. The van der Waals surface area contributed by atoms with Crippen LogP contribution in [0, 0.1) is 23.7 Å². The van der Waals surface area contributed by atoms with Gasteiger partial charge in [0.2, 0.25) is 11.8 Å². The Morgan fingerprint density at radius 2 is 0.841 bits per heavy atom. The van der Waals surface area contributed by atoms with Crippen molar-refractivity contribution >= 4 is 35.7 Å². The Balaban J connectivity index is 5.63. The highest BCUT2D eigenvalue weighted by atomic mass is 16.5. The molecule has 0 fully saturated rings. The van der Waals surface area contributed by atoms with Gasteiger partial charge in [0.1, 0.15) is 12.1 Å². The van der Waals surface area contributed by atoms with Crippen molar-refractivity contribution in [3.63, 3.8) is 0 Å². The number of rotatable bonds is 22. The van der Waals surface area contributed by atoms with Crippen molar-refractivity contribution in [1.29, 1.82) is 0 Å². The Morgan fingerprint density at radius 3 is 1.25 bits per heavy atom. The molecule has 254 valence electrons. The zero-order chi connectivity index (χ0) is 33.8. The fraction of sp³-hybridized carbons (Fsp3) is 0.806. The van der Waals surface area contributed by atoms with E-state index in [0.29, 0.717) is 0 Å². The van der Waals surface area contributed by atoms with Gasteiger partial charge >= 0.3 is 23.9 Å². The molecule has 0 saturated carbocycles. The molecule has 4 N–H and O–H groups in total. The van der Waals surface area contributed by atoms with Gasteiger partial charge in [-0.25, -0.2) is 4.79 Å². The summed E-state index contributed by atoms with van der Waals surface area (Å²) in [6.07, 6.45) is -0.750. The lowest BCUT2D eigenvalue weighted by atomic mass is 10.1. The molecule has 2 amide bonds. The van der Waals surface area contributed by atoms with Crippen molar-refractivity contribution in [2.75, 3.05) is 26.4 Å². The summed E-state index contributed by atoms with van der Waals surface area (Å²) >= 11 is 0. The number of carbonyl (C=O) groups excluding carboxylic acids is 6. The largest absolute Gasteiger partial charge is 0.465 e. The molecule has 0 aliphatic carbocycles. The van der Waals surface area contributed by atoms with Crippen LogP contribution in [-0.4, -0.2) is 80.2 Å². The molecule has 0 rings (SSSR count). The van der Waals surface area contributed by atoms with Gasteiger partial charge in [-0.3, -0.25) is 24.0 Å². The molecule has 13 heteroatoms. The van der Waals surface area contributed by atoms with Gasteiger partial charge in [-0.15, -0.1) is 0 Å². The molecule has 13 nitrogen and oxygen atoms in total. The Hall–Kier alpha value is -3.22. The lowest BCUT2D eigenvalue weighted by Gasteiger charge is -2.24. The minimum Gasteiger partial charge on any atom is -0.465 e. The second-order valence-electron chi connectivity index (χ2n) is 12.6. The molecule has 44 heavy (non-hydrogen) atoms. The summed E-state index contributed by atoms with van der Waals surface area (Å²) in [6, 6.07) is -3.64. The zero-order valence-corrected chi connectivity index (χ0v) is 27.8. The van der Waals surface area contributed by atoms with Crippen LogP contribution in [0.5, 0.6) is 0 Å². The van der Waals surface area contributed by atoms with Crippen molar-refractivity contribution in [2.45, 2.75) is 112 Å². The summed E-state index contributed by atoms with van der Waals surface area (Å²) in [6.45, 7) is 15.7. The highest BCUT2D eigenvalue weighted by molar-refractivity contribution is 5.92. The normalized spacial score (nSPS) is 13.3. The lowest BCUT2D eigenvalue weighted by molar-refractivity contribution is -0.151. The van der Waals surface area contributed by atoms with Gasteiger partial charge in [0.05, 0.1) is 32.5 Å². The van der Waals surface area contributed by atoms with Crippen LogP contribution in [0.2, 0.25) is 0 Å². The molecule has 0 unspecified atom stereocenters. The third-order valence-corrected chi connectivity index (χ3v) is 5.80. The van der Waals surface area contributed by atoms with E-state index >= 15 is 0 Å². The van der Waals surface area contributed by atoms with E-state index in [1.54, 1.807) is 0 Å². The first kappa shape index (κ1) is 40.8. The maximum Gasteiger partial charge on any atom is 0.328 e. The Labute approximate surface area is 262 Å². The van der Waals surface area contributed by atoms with Crippen molar-refractivity contribution in [3.05, 3.63) is 0 Å². The summed E-state index contributed by atoms with van der Waals surface area (Å²) in [5.74, 6) is -3.45. The van der Waals surface area contributed by atoms with E-state index in [0.717, 1.165) is 0 Å². The lowest BCUT2D eigenvalue weighted by Crippen LogP contribution is -2.55. The van der Waals surface area contributed by atoms with Gasteiger partial charge in [0.25, 0.3) is 0 Å². The fourth-order valence-corrected chi connectivity index (χ4v) is 3.34. The van der Waals surface area contributed by atoms with Crippen LogP contribution in [0.1, 0.15) is 93.9 Å². The first-order valence-electron chi connectivity index (χ1n) is 15.5. The predicted octanol–water partition coefficient (Wildman–Crippen LogP) is 2.42. The Kier molecular flexibility index (Phi) is 20.7. The van der Waals surface area contributed by atoms with Gasteiger partial charge in [0, 0.05) is 19.3 Å². The molecule has 0 aliphatic rings. The van der Waals surface area contributed by atoms with Crippen LogP contribution in [-0.2, 0) is 47.7 Å². The average molecular weight is 630 g/mol. The molecule has 0 bridgehead atoms. The van der Waals surface area contributed by atoms with Gasteiger partial charge in [0.15, 0.2) is 0 Å². The van der Waals surface area contributed by atoms with E-state index in [1.807, 2.05) is 55.4 Å². The Morgan fingerprint density at radius 1 is 0.500 bits per heavy atom. The number of carbonyl (C=O) groups is 6. The number of hydrogen-bond acceptors (Lipinski definition) is 11. The van der Waals surface area contributed by atoms with Gasteiger partial charge in [-0.2, -0.15) is 0 Å². The van der Waals surface area contributed by atoms with Crippen LogP contribution in [0.25, 0.3) is 0 Å². The Bertz CT molecular complexity index is 920. The number of hydrogen-bond donors (Lipinski definition) is 3. The fourth-order valence-electron chi connectivity index (χ4n) is 3.34. The van der Waals surface area contributed by atoms with E-state index < -0.39 is 53.8 Å². The molecule has 0 aromatic carbocycles. The first-order valence-corrected chi connectivity index (χ1v) is 15.5. The third-order valence-electron chi connectivity index (χ3n) is 5.80. The standard InChI is InChI=1S/C31H55N3O10/c1-19(2)15-41-26(35)12-9-23(32)29(38)33-24(10-13-27(36)42-16-20(3)4)30(39)34-25(31(40)44-18-22(7)8)11-14-28(37)43-17-21(5)6/h19-25H,9-18,32H2,1-8H3,(H,33,38)(H,34,39)/t23-,24-,25-/m0/s1. The van der Waals surface area contributed by atoms with Gasteiger partial charge in [-0.05, 0) is 42.9 Å². The first-order chi connectivity index (χ1) is 20.5. The van der Waals surface area contributed by atoms with Crippen LogP contribution in [0.4, 0.5) is 0 Å². The molecule has 0 aromatic rings. The molecule has 0 heterocycles. The molecule has 3 atom stereocenters. The number of nitrogens with two attached hydrogens (primary N) is 1. The second-order valence-corrected chi connectivity index (χ2v) is 12.6. The highest BCUT2D eigenvalue weighted by Crippen LogP contribution is 2.09. The molecule has 0 aliphatic heterocycles. The molecule has 0 radical (unpaired) electrons. The van der Waals surface area contributed by atoms with Crippen LogP contribution >= 0.6 is 0 Å². The topological polar surface area (TPSA) is 189 Å². The van der Waals surface area contributed by atoms with Crippen LogP contribution < -0.4 is 16.4 Å². The maximum atomic E-state index is 13.4. The third kappa shape index (κ3) is 20.6. The number of nitrogens with one attached hydrogen (secondary N) is 2. The van der Waals surface area contributed by atoms with E-state index in [1.165, 1.54) is 0 Å². The summed E-state index contributed by atoms with van der Waals surface area (Å²) < 4.78 is 20.8. The molecular formula is C31H55N3O10. The zero-order valence-electron chi connectivity index (χ0n) is 27.8. The molecule has 0 spiro atoms. The quantitative estimate of drug-likeness (QED) is 0.118. The second kappa shape index (κ2) is 22.3. The smallest absolute Gasteiger partial charge is 0.328 e. The molecule has 0 aromatic heterocycles. The van der Waals surface area contributed by atoms with Gasteiger partial charge in [-0.1, -0.05) is 55.4 Å². The summed E-state index contributed by atoms with van der Waals surface area (Å²) in [4.78, 5) is 75.6. The van der Waals surface area contributed by atoms with Crippen LogP contribution in [0.15, 0.2) is 0 Å². The van der Waals surface area contributed by atoms with E-state index in [2.05, 4.69) is 10.6 Å². The number of ether oxygens (including phenoxy) is 4. The van der Waals surface area contributed by atoms with Crippen molar-refractivity contribution < 1.29 is 47.7 Å². The highest BCUT2D eigenvalue weighted by Gasteiger charge is 2.30. The predicted molar refractivity (Wildman–Crippen MR) is 163 cm³/mol. The minimum atomic E-state index is -1.28. The van der Waals surface area contributed by atoms with Gasteiger partial charge < -0.3 is 35.3 Å². The number of esters is 4. The molecular weight excluding hydrogens is 574 g/mol. The summed E-state index contributed by atoms with van der Waals surface area (Å²) in [5.41, 5.74) is 5.99. The van der Waals surface area contributed by atoms with E-state index in [9.17, 15) is 28.8 Å². The summed E-state index contributed by atoms with van der Waals surface area (Å²) in [5, 5.41) is 5.08. The monoisotopic (exact) mass is 629 g/mol.